The van der Waals surface area contributed by atoms with Crippen molar-refractivity contribution in [3.05, 3.63) is 24.3 Å². The molecule has 0 aliphatic carbocycles. The molecule has 0 aliphatic heterocycles. The van der Waals surface area contributed by atoms with Crippen molar-refractivity contribution in [1.82, 2.24) is 0 Å². The first-order valence-corrected chi connectivity index (χ1v) is 8.35. The first kappa shape index (κ1) is 22.3. The molecule has 0 amide bonds. The fourth-order valence-corrected chi connectivity index (χ4v) is 1.35. The molecule has 0 aromatic carbocycles. The molecule has 0 radical (unpaired) electrons. The van der Waals surface area contributed by atoms with Gasteiger partial charge in [0.15, 0.2) is 0 Å². The Kier molecular flexibility index (Phi) is 11.8. The van der Waals surface area contributed by atoms with Crippen LogP contribution in [0.2, 0.25) is 0 Å². The van der Waals surface area contributed by atoms with Gasteiger partial charge in [-0.3, -0.25) is 0 Å². The fourth-order valence-electron chi connectivity index (χ4n) is 1.35. The van der Waals surface area contributed by atoms with Crippen LogP contribution < -0.4 is 5.73 Å². The zero-order chi connectivity index (χ0) is 18.4. The van der Waals surface area contributed by atoms with Crippen molar-refractivity contribution < 1.29 is 23.8 Å². The smallest absolute Gasteiger partial charge is 0.331 e. The van der Waals surface area contributed by atoms with Gasteiger partial charge in [-0.25, -0.2) is 9.59 Å². The van der Waals surface area contributed by atoms with Crippen molar-refractivity contribution >= 4 is 11.9 Å². The minimum absolute atomic E-state index is 0.0970. The van der Waals surface area contributed by atoms with Gasteiger partial charge in [-0.2, -0.15) is 0 Å². The maximum atomic E-state index is 11.4. The van der Waals surface area contributed by atoms with Gasteiger partial charge in [0.2, 0.25) is 0 Å². The molecule has 0 spiro atoms. The molecule has 0 saturated heterocycles. The summed E-state index contributed by atoms with van der Waals surface area (Å²) < 4.78 is 15.2. The topological polar surface area (TPSA) is 87.8 Å². The van der Waals surface area contributed by atoms with Gasteiger partial charge in [-0.1, -0.05) is 39.3 Å². The molecule has 2 unspecified atom stereocenters. The number of hydrogen-bond donors (Lipinski definition) is 1. The Morgan fingerprint density at radius 2 is 1.75 bits per heavy atom. The van der Waals surface area contributed by atoms with E-state index in [2.05, 4.69) is 19.9 Å². The predicted molar refractivity (Wildman–Crippen MR) is 93.4 cm³/mol. The molecule has 6 heteroatoms. The molecule has 0 fully saturated rings. The molecule has 0 aromatic heterocycles. The van der Waals surface area contributed by atoms with Gasteiger partial charge >= 0.3 is 11.9 Å². The van der Waals surface area contributed by atoms with Crippen LogP contribution in [-0.4, -0.2) is 43.9 Å². The summed E-state index contributed by atoms with van der Waals surface area (Å²) in [5.74, 6) is -0.703. The summed E-state index contributed by atoms with van der Waals surface area (Å²) in [6, 6.07) is 0. The number of carbonyl (C=O) groups excluding carboxylic acids is 2. The van der Waals surface area contributed by atoms with Gasteiger partial charge < -0.3 is 19.9 Å². The largest absolute Gasteiger partial charge is 0.461 e. The Balaban J connectivity index is 3.78. The second kappa shape index (κ2) is 12.7. The number of hydrogen-bond acceptors (Lipinski definition) is 6. The van der Waals surface area contributed by atoms with Gasteiger partial charge in [-0.15, -0.1) is 0 Å². The third kappa shape index (κ3) is 12.8. The highest BCUT2D eigenvalue weighted by molar-refractivity contribution is 5.91. The molecule has 0 aliphatic rings. The summed E-state index contributed by atoms with van der Waals surface area (Å²) in [5.41, 5.74) is 5.28. The minimum Gasteiger partial charge on any atom is -0.461 e. The van der Waals surface area contributed by atoms with Gasteiger partial charge in [0.25, 0.3) is 0 Å². The number of allylic oxidation sites excluding steroid dienone is 1. The van der Waals surface area contributed by atoms with Crippen molar-refractivity contribution in [3.63, 3.8) is 0 Å². The van der Waals surface area contributed by atoms with Crippen molar-refractivity contribution in [2.45, 2.75) is 46.1 Å². The van der Waals surface area contributed by atoms with E-state index in [9.17, 15) is 9.59 Å². The number of esters is 2. The van der Waals surface area contributed by atoms with E-state index in [1.165, 1.54) is 0 Å². The zero-order valence-corrected chi connectivity index (χ0v) is 15.2. The molecule has 0 saturated carbocycles. The highest BCUT2D eigenvalue weighted by Gasteiger charge is 2.17. The molecule has 24 heavy (non-hydrogen) atoms. The number of nitrogens with two attached hydrogens (primary N) is 1. The summed E-state index contributed by atoms with van der Waals surface area (Å²) in [6.45, 7) is 8.96. The third-order valence-electron chi connectivity index (χ3n) is 3.50. The summed E-state index contributed by atoms with van der Waals surface area (Å²) in [7, 11) is 0. The fraction of sp³-hybridized carbons (Fsp3) is 0.667. The van der Waals surface area contributed by atoms with E-state index in [-0.39, 0.29) is 13.2 Å². The van der Waals surface area contributed by atoms with E-state index in [0.717, 1.165) is 18.6 Å². The molecule has 0 heterocycles. The number of ether oxygens (including phenoxy) is 3. The third-order valence-corrected chi connectivity index (χ3v) is 3.50. The SMILES string of the molecule is CCC(C)/C=C\COCCOC(=O)/C=C/C(=O)OCC(C)(N)CC. The van der Waals surface area contributed by atoms with Crippen LogP contribution in [0.1, 0.15) is 40.5 Å². The molecular weight excluding hydrogens is 310 g/mol. The lowest BCUT2D eigenvalue weighted by Gasteiger charge is -2.21. The number of carbonyl (C=O) groups is 2. The molecule has 0 bridgehead atoms. The monoisotopic (exact) mass is 341 g/mol. The Hall–Kier alpha value is -1.66. The van der Waals surface area contributed by atoms with Crippen molar-refractivity contribution in [3.8, 4) is 0 Å². The van der Waals surface area contributed by atoms with Crippen LogP contribution in [0.25, 0.3) is 0 Å². The minimum atomic E-state index is -0.622. The lowest BCUT2D eigenvalue weighted by molar-refractivity contribution is -0.142. The van der Waals surface area contributed by atoms with Gasteiger partial charge in [0.1, 0.15) is 13.2 Å². The summed E-state index contributed by atoms with van der Waals surface area (Å²) in [4.78, 5) is 22.8. The van der Waals surface area contributed by atoms with E-state index in [4.69, 9.17) is 19.9 Å². The summed E-state index contributed by atoms with van der Waals surface area (Å²) >= 11 is 0. The van der Waals surface area contributed by atoms with E-state index in [1.54, 1.807) is 6.92 Å². The summed E-state index contributed by atoms with van der Waals surface area (Å²) in [5, 5.41) is 0. The Labute approximate surface area is 145 Å². The Morgan fingerprint density at radius 1 is 1.12 bits per heavy atom. The second-order valence-electron chi connectivity index (χ2n) is 6.00. The van der Waals surface area contributed by atoms with Crippen LogP contribution in [0.3, 0.4) is 0 Å². The average molecular weight is 341 g/mol. The Morgan fingerprint density at radius 3 is 2.33 bits per heavy atom. The molecule has 6 nitrogen and oxygen atoms in total. The maximum Gasteiger partial charge on any atom is 0.331 e. The Bertz CT molecular complexity index is 429. The standard InChI is InChI=1S/C18H31NO5/c1-5-15(3)8-7-11-22-12-13-23-16(20)9-10-17(21)24-14-18(4,19)6-2/h7-10,15H,5-6,11-14,19H2,1-4H3/b8-7-,10-9+. The molecular formula is C18H31NO5. The number of rotatable bonds is 12. The first-order valence-electron chi connectivity index (χ1n) is 8.35. The van der Waals surface area contributed by atoms with Crippen LogP contribution in [0.5, 0.6) is 0 Å². The zero-order valence-electron chi connectivity index (χ0n) is 15.2. The highest BCUT2D eigenvalue weighted by atomic mass is 16.6. The van der Waals surface area contributed by atoms with E-state index in [0.29, 0.717) is 25.6 Å². The van der Waals surface area contributed by atoms with Crippen molar-refractivity contribution in [1.29, 1.82) is 0 Å². The first-order chi connectivity index (χ1) is 11.3. The van der Waals surface area contributed by atoms with Crippen LogP contribution >= 0.6 is 0 Å². The van der Waals surface area contributed by atoms with Crippen LogP contribution in [-0.2, 0) is 23.8 Å². The lowest BCUT2D eigenvalue weighted by Crippen LogP contribution is -2.41. The predicted octanol–water partition coefficient (Wildman–Crippen LogP) is 2.38. The maximum absolute atomic E-state index is 11.4. The normalized spacial score (nSPS) is 15.4. The van der Waals surface area contributed by atoms with Gasteiger partial charge in [-0.05, 0) is 19.3 Å². The summed E-state index contributed by atoms with van der Waals surface area (Å²) in [6.07, 6.45) is 7.87. The highest BCUT2D eigenvalue weighted by Crippen LogP contribution is 2.05. The molecule has 138 valence electrons. The van der Waals surface area contributed by atoms with Gasteiger partial charge in [0, 0.05) is 17.7 Å². The van der Waals surface area contributed by atoms with E-state index >= 15 is 0 Å². The molecule has 2 N–H and O–H groups in total. The molecule has 0 aromatic rings. The van der Waals surface area contributed by atoms with Crippen LogP contribution in [0, 0.1) is 5.92 Å². The van der Waals surface area contributed by atoms with E-state index < -0.39 is 17.5 Å². The second-order valence-corrected chi connectivity index (χ2v) is 6.00. The average Bonchev–Trinajstić information content (AvgIpc) is 2.57. The quantitative estimate of drug-likeness (QED) is 0.254. The molecule has 0 rings (SSSR count). The van der Waals surface area contributed by atoms with E-state index in [1.807, 2.05) is 13.0 Å². The lowest BCUT2D eigenvalue weighted by atomic mass is 10.0. The van der Waals surface area contributed by atoms with Crippen LogP contribution in [0.15, 0.2) is 24.3 Å². The van der Waals surface area contributed by atoms with Crippen molar-refractivity contribution in [2.24, 2.45) is 11.7 Å². The van der Waals surface area contributed by atoms with Crippen LogP contribution in [0.4, 0.5) is 0 Å². The molecule has 2 atom stereocenters. The van der Waals surface area contributed by atoms with Crippen molar-refractivity contribution in [2.75, 3.05) is 26.4 Å². The van der Waals surface area contributed by atoms with Gasteiger partial charge in [0.05, 0.1) is 13.2 Å².